The molecular weight excluding hydrogens is 581 g/mol. The van der Waals surface area contributed by atoms with Crippen molar-refractivity contribution in [3.05, 3.63) is 175 Å². The maximum atomic E-state index is 6.38. The van der Waals surface area contributed by atoms with E-state index in [0.29, 0.717) is 0 Å². The van der Waals surface area contributed by atoms with Crippen LogP contribution in [-0.4, -0.2) is 0 Å². The summed E-state index contributed by atoms with van der Waals surface area (Å²) in [6.45, 7) is 2.05. The highest BCUT2D eigenvalue weighted by Gasteiger charge is 2.15. The minimum atomic E-state index is 0.915. The predicted octanol–water partition coefficient (Wildman–Crippen LogP) is 13.6. The Morgan fingerprint density at radius 1 is 0.417 bits per heavy atom. The first kappa shape index (κ1) is 28.1. The highest BCUT2D eigenvalue weighted by molar-refractivity contribution is 6.11. The fourth-order valence-electron chi connectivity index (χ4n) is 7.20. The smallest absolute Gasteiger partial charge is 0.136 e. The molecule has 0 aliphatic rings. The third kappa shape index (κ3) is 4.80. The molecule has 0 unspecified atom stereocenters. The summed E-state index contributed by atoms with van der Waals surface area (Å²) in [6.07, 6.45) is 8.51. The van der Waals surface area contributed by atoms with E-state index in [1.54, 1.807) is 0 Å². The van der Waals surface area contributed by atoms with Gasteiger partial charge in [-0.05, 0) is 121 Å². The first-order valence-electron chi connectivity index (χ1n) is 16.5. The molecule has 0 spiro atoms. The third-order valence-electron chi connectivity index (χ3n) is 9.54. The van der Waals surface area contributed by atoms with Gasteiger partial charge in [0, 0.05) is 10.8 Å². The first-order chi connectivity index (χ1) is 23.7. The third-order valence-corrected chi connectivity index (χ3v) is 9.54. The van der Waals surface area contributed by atoms with Gasteiger partial charge in [0.05, 0.1) is 0 Å². The summed E-state index contributed by atoms with van der Waals surface area (Å²) in [6, 6.07) is 54.9. The zero-order chi connectivity index (χ0) is 32.0. The molecule has 1 heterocycles. The van der Waals surface area contributed by atoms with E-state index in [2.05, 4.69) is 176 Å². The first-order valence-corrected chi connectivity index (χ1v) is 16.5. The summed E-state index contributed by atoms with van der Waals surface area (Å²) in [5, 5.41) is 9.67. The monoisotopic (exact) mass is 612 g/mol. The lowest BCUT2D eigenvalue weighted by Crippen LogP contribution is -1.91. The molecule has 1 nitrogen and oxygen atoms in total. The number of hydrogen-bond acceptors (Lipinski definition) is 1. The van der Waals surface area contributed by atoms with Crippen LogP contribution >= 0.6 is 0 Å². The summed E-state index contributed by atoms with van der Waals surface area (Å²) < 4.78 is 6.38. The van der Waals surface area contributed by atoms with Crippen LogP contribution in [0, 0.1) is 0 Å². The Kier molecular flexibility index (Phi) is 6.76. The fourth-order valence-corrected chi connectivity index (χ4v) is 7.20. The van der Waals surface area contributed by atoms with Crippen molar-refractivity contribution < 1.29 is 4.42 Å². The van der Waals surface area contributed by atoms with Crippen LogP contribution in [0.25, 0.3) is 93.7 Å². The van der Waals surface area contributed by atoms with E-state index in [0.717, 1.165) is 27.5 Å². The van der Waals surface area contributed by atoms with Gasteiger partial charge in [-0.3, -0.25) is 0 Å². The number of furan rings is 1. The highest BCUT2D eigenvalue weighted by atomic mass is 16.3. The molecule has 1 heteroatoms. The summed E-state index contributed by atoms with van der Waals surface area (Å²) in [5.41, 5.74) is 10.3. The number of hydrogen-bond donors (Lipinski definition) is 0. The lowest BCUT2D eigenvalue weighted by Gasteiger charge is -2.16. The van der Waals surface area contributed by atoms with Crippen molar-refractivity contribution in [3.63, 3.8) is 0 Å². The summed E-state index contributed by atoms with van der Waals surface area (Å²) in [5.74, 6) is 0. The van der Waals surface area contributed by atoms with Crippen molar-refractivity contribution in [2.75, 3.05) is 0 Å². The van der Waals surface area contributed by atoms with Crippen molar-refractivity contribution in [2.24, 2.45) is 0 Å². The predicted molar refractivity (Wildman–Crippen MR) is 206 cm³/mol. The molecule has 0 fully saturated rings. The number of allylic oxidation sites excluding steroid dienone is 3. The van der Waals surface area contributed by atoms with Gasteiger partial charge in [-0.25, -0.2) is 0 Å². The average molecular weight is 613 g/mol. The van der Waals surface area contributed by atoms with E-state index in [1.807, 2.05) is 6.92 Å². The van der Waals surface area contributed by atoms with Crippen molar-refractivity contribution in [3.8, 4) is 33.4 Å². The largest absolute Gasteiger partial charge is 0.456 e. The van der Waals surface area contributed by atoms with Crippen LogP contribution in [0.3, 0.4) is 0 Å². The van der Waals surface area contributed by atoms with E-state index in [1.165, 1.54) is 65.7 Å². The molecule has 0 saturated heterocycles. The zero-order valence-corrected chi connectivity index (χ0v) is 26.7. The van der Waals surface area contributed by atoms with Gasteiger partial charge in [0.25, 0.3) is 0 Å². The van der Waals surface area contributed by atoms with Crippen LogP contribution in [0.4, 0.5) is 0 Å². The molecular formula is C47H32O. The average Bonchev–Trinajstić information content (AvgIpc) is 3.50. The van der Waals surface area contributed by atoms with Crippen LogP contribution in [0.1, 0.15) is 12.5 Å². The molecule has 0 atom stereocenters. The second kappa shape index (κ2) is 11.6. The Bertz CT molecular complexity index is 2720. The second-order valence-electron chi connectivity index (χ2n) is 12.5. The van der Waals surface area contributed by atoms with E-state index in [-0.39, 0.29) is 0 Å². The Hall–Kier alpha value is -6.18. The molecule has 0 N–H and O–H groups in total. The van der Waals surface area contributed by atoms with E-state index >= 15 is 0 Å². The Labute approximate surface area is 279 Å². The van der Waals surface area contributed by atoms with Crippen molar-refractivity contribution >= 4 is 60.3 Å². The molecule has 0 aliphatic carbocycles. The second-order valence-corrected chi connectivity index (χ2v) is 12.5. The van der Waals surface area contributed by atoms with Crippen molar-refractivity contribution in [1.29, 1.82) is 0 Å². The normalized spacial score (nSPS) is 12.1. The van der Waals surface area contributed by atoms with Crippen LogP contribution in [0.2, 0.25) is 0 Å². The van der Waals surface area contributed by atoms with Gasteiger partial charge < -0.3 is 4.42 Å². The quantitative estimate of drug-likeness (QED) is 0.176. The Morgan fingerprint density at radius 3 is 1.85 bits per heavy atom. The van der Waals surface area contributed by atoms with E-state index in [9.17, 15) is 0 Å². The topological polar surface area (TPSA) is 13.1 Å². The Morgan fingerprint density at radius 2 is 1.04 bits per heavy atom. The molecule has 1 aromatic heterocycles. The Balaban J connectivity index is 1.14. The molecule has 226 valence electrons. The van der Waals surface area contributed by atoms with E-state index in [4.69, 9.17) is 4.42 Å². The summed E-state index contributed by atoms with van der Waals surface area (Å²) in [4.78, 5) is 0. The van der Waals surface area contributed by atoms with Gasteiger partial charge in [0.15, 0.2) is 0 Å². The molecule has 0 saturated carbocycles. The van der Waals surface area contributed by atoms with Gasteiger partial charge in [-0.15, -0.1) is 0 Å². The van der Waals surface area contributed by atoms with Gasteiger partial charge in [0.2, 0.25) is 0 Å². The summed E-state index contributed by atoms with van der Waals surface area (Å²) in [7, 11) is 0. The number of benzene rings is 8. The molecule has 48 heavy (non-hydrogen) atoms. The minimum absolute atomic E-state index is 0.915. The number of rotatable bonds is 5. The van der Waals surface area contributed by atoms with Gasteiger partial charge in [-0.2, -0.15) is 0 Å². The minimum Gasteiger partial charge on any atom is -0.456 e. The lowest BCUT2D eigenvalue weighted by atomic mass is 9.87. The van der Waals surface area contributed by atoms with Crippen LogP contribution in [0.15, 0.2) is 174 Å². The van der Waals surface area contributed by atoms with Crippen molar-refractivity contribution in [1.82, 2.24) is 0 Å². The molecule has 0 aliphatic heterocycles. The summed E-state index contributed by atoms with van der Waals surface area (Å²) >= 11 is 0. The maximum Gasteiger partial charge on any atom is 0.136 e. The molecule has 8 aromatic carbocycles. The SMILES string of the molecule is C/C=C\C=C/c1cc(-c2ccc3cc(-c4ccc5c(c4)oc4cc6ccccc6cc45)ccc3c2)c2ccccc2c1-c1ccccc1. The van der Waals surface area contributed by atoms with Gasteiger partial charge in [0.1, 0.15) is 11.2 Å². The maximum absolute atomic E-state index is 6.38. The molecule has 9 aromatic rings. The molecule has 9 rings (SSSR count). The fraction of sp³-hybridized carbons (Fsp3) is 0.0213. The van der Waals surface area contributed by atoms with Crippen LogP contribution < -0.4 is 0 Å². The lowest BCUT2D eigenvalue weighted by molar-refractivity contribution is 0.669. The molecule has 0 radical (unpaired) electrons. The number of fused-ring (bicyclic) bond motifs is 6. The van der Waals surface area contributed by atoms with Crippen LogP contribution in [-0.2, 0) is 0 Å². The van der Waals surface area contributed by atoms with Gasteiger partial charge >= 0.3 is 0 Å². The van der Waals surface area contributed by atoms with Gasteiger partial charge in [-0.1, -0.05) is 133 Å². The zero-order valence-electron chi connectivity index (χ0n) is 26.7. The highest BCUT2D eigenvalue weighted by Crippen LogP contribution is 2.41. The standard InChI is InChI=1S/C47H32O/c1-2-3-5-16-39-28-43(40-17-10-11-18-42(40)47(39)31-12-6-4-7-13-31)38-22-21-34-25-35(19-20-36(34)26-38)37-23-24-41-44-27-32-14-8-9-15-33(32)29-46(44)48-45(41)30-37/h2-30H,1H3/b3-2-,16-5-. The molecule has 0 amide bonds. The van der Waals surface area contributed by atoms with Crippen molar-refractivity contribution in [2.45, 2.75) is 6.92 Å². The molecule has 0 bridgehead atoms. The van der Waals surface area contributed by atoms with E-state index < -0.39 is 0 Å². The van der Waals surface area contributed by atoms with Crippen LogP contribution in [0.5, 0.6) is 0 Å².